The second-order valence-electron chi connectivity index (χ2n) is 5.76. The molecule has 3 rings (SSSR count). The van der Waals surface area contributed by atoms with Crippen LogP contribution >= 0.6 is 0 Å². The summed E-state index contributed by atoms with van der Waals surface area (Å²) in [6.07, 6.45) is 6.97. The van der Waals surface area contributed by atoms with E-state index < -0.39 is 0 Å². The average molecular weight is 332 g/mol. The maximum absolute atomic E-state index is 11.3. The van der Waals surface area contributed by atoms with Gasteiger partial charge >= 0.3 is 0 Å². The minimum Gasteiger partial charge on any atom is -0.366 e. The van der Waals surface area contributed by atoms with Crippen molar-refractivity contribution < 1.29 is 9.59 Å². The van der Waals surface area contributed by atoms with E-state index in [1.807, 2.05) is 54.7 Å². The number of rotatable bonds is 8. The van der Waals surface area contributed by atoms with E-state index in [1.54, 1.807) is 0 Å². The molecule has 0 saturated heterocycles. The zero-order chi connectivity index (χ0) is 17.5. The lowest BCUT2D eigenvalue weighted by Crippen LogP contribution is -2.27. The fourth-order valence-electron chi connectivity index (χ4n) is 2.99. The molecule has 25 heavy (non-hydrogen) atoms. The Morgan fingerprint density at radius 2 is 1.72 bits per heavy atom. The summed E-state index contributed by atoms with van der Waals surface area (Å²) in [7, 11) is 0. The number of hydrogen-bond acceptors (Lipinski definition) is 3. The van der Waals surface area contributed by atoms with Crippen LogP contribution in [0.15, 0.2) is 72.9 Å². The maximum atomic E-state index is 11.3. The number of hydrogen-bond donors (Lipinski definition) is 0. The van der Waals surface area contributed by atoms with E-state index in [1.165, 1.54) is 6.08 Å². The zero-order valence-electron chi connectivity index (χ0n) is 13.9. The molecule has 2 aromatic carbocycles. The van der Waals surface area contributed by atoms with Crippen molar-refractivity contribution in [3.05, 3.63) is 78.5 Å². The maximum Gasteiger partial charge on any atom is 0.152 e. The van der Waals surface area contributed by atoms with Crippen LogP contribution in [0.4, 0.5) is 5.69 Å². The molecule has 0 aliphatic carbocycles. The highest BCUT2D eigenvalue weighted by molar-refractivity contribution is 5.97. The number of aromatic nitrogens is 1. The predicted octanol–water partition coefficient (Wildman–Crippen LogP) is 3.72. The van der Waals surface area contributed by atoms with Gasteiger partial charge in [-0.1, -0.05) is 42.5 Å². The molecule has 0 atom stereocenters. The SMILES string of the molecule is O=C/C=C/CN(CCn1cc(C=O)c2ccccc21)c1ccccc1. The van der Waals surface area contributed by atoms with E-state index in [2.05, 4.69) is 21.6 Å². The third kappa shape index (κ3) is 3.86. The van der Waals surface area contributed by atoms with Gasteiger partial charge in [0.15, 0.2) is 6.29 Å². The van der Waals surface area contributed by atoms with Crippen LogP contribution in [0.2, 0.25) is 0 Å². The van der Waals surface area contributed by atoms with Crippen LogP contribution in [-0.2, 0) is 11.3 Å². The molecule has 0 bridgehead atoms. The van der Waals surface area contributed by atoms with Gasteiger partial charge in [0.05, 0.1) is 0 Å². The van der Waals surface area contributed by atoms with Gasteiger partial charge in [-0.3, -0.25) is 9.59 Å². The van der Waals surface area contributed by atoms with E-state index in [0.29, 0.717) is 12.1 Å². The lowest BCUT2D eigenvalue weighted by Gasteiger charge is -2.24. The number of nitrogens with zero attached hydrogens (tertiary/aromatic N) is 2. The molecule has 0 spiro atoms. The Hall–Kier alpha value is -3.14. The van der Waals surface area contributed by atoms with Crippen molar-refractivity contribution in [2.75, 3.05) is 18.0 Å². The number of benzene rings is 2. The van der Waals surface area contributed by atoms with Crippen LogP contribution in [0.3, 0.4) is 0 Å². The smallest absolute Gasteiger partial charge is 0.152 e. The summed E-state index contributed by atoms with van der Waals surface area (Å²) in [5.74, 6) is 0. The molecule has 0 saturated carbocycles. The molecular formula is C21H20N2O2. The Morgan fingerprint density at radius 3 is 2.48 bits per heavy atom. The normalized spacial score (nSPS) is 11.0. The van der Waals surface area contributed by atoms with Gasteiger partial charge in [-0.15, -0.1) is 0 Å². The first kappa shape index (κ1) is 16.7. The van der Waals surface area contributed by atoms with Crippen molar-refractivity contribution in [2.24, 2.45) is 0 Å². The minimum absolute atomic E-state index is 0.655. The highest BCUT2D eigenvalue weighted by Crippen LogP contribution is 2.20. The number of fused-ring (bicyclic) bond motifs is 1. The molecule has 0 radical (unpaired) electrons. The Balaban J connectivity index is 1.82. The monoisotopic (exact) mass is 332 g/mol. The molecule has 0 amide bonds. The largest absolute Gasteiger partial charge is 0.366 e. The summed E-state index contributed by atoms with van der Waals surface area (Å²) >= 11 is 0. The third-order valence-corrected chi connectivity index (χ3v) is 4.22. The first-order valence-corrected chi connectivity index (χ1v) is 8.27. The number of allylic oxidation sites excluding steroid dienone is 1. The second kappa shape index (κ2) is 8.11. The van der Waals surface area contributed by atoms with Crippen LogP contribution in [-0.4, -0.2) is 30.2 Å². The first-order chi connectivity index (χ1) is 12.3. The Kier molecular flexibility index (Phi) is 5.42. The van der Waals surface area contributed by atoms with Crippen LogP contribution in [0.25, 0.3) is 10.9 Å². The topological polar surface area (TPSA) is 42.3 Å². The molecule has 3 aromatic rings. The summed E-state index contributed by atoms with van der Waals surface area (Å²) in [5, 5.41) is 0.976. The van der Waals surface area contributed by atoms with Gasteiger partial charge in [-0.05, 0) is 24.3 Å². The summed E-state index contributed by atoms with van der Waals surface area (Å²) < 4.78 is 2.11. The minimum atomic E-state index is 0.655. The molecule has 126 valence electrons. The number of carbonyl (C=O) groups excluding carboxylic acids is 2. The first-order valence-electron chi connectivity index (χ1n) is 8.27. The average Bonchev–Trinajstić information content (AvgIpc) is 3.03. The Bertz CT molecular complexity index is 881. The van der Waals surface area contributed by atoms with Gasteiger partial charge in [-0.25, -0.2) is 0 Å². The highest BCUT2D eigenvalue weighted by Gasteiger charge is 2.09. The molecule has 0 unspecified atom stereocenters. The molecule has 1 heterocycles. The van der Waals surface area contributed by atoms with Crippen molar-refractivity contribution in [3.8, 4) is 0 Å². The highest BCUT2D eigenvalue weighted by atomic mass is 16.1. The van der Waals surface area contributed by atoms with Gasteiger partial charge in [-0.2, -0.15) is 0 Å². The summed E-state index contributed by atoms with van der Waals surface area (Å²) in [6.45, 7) is 2.17. The van der Waals surface area contributed by atoms with E-state index in [4.69, 9.17) is 0 Å². The molecule has 4 heteroatoms. The van der Waals surface area contributed by atoms with Crippen molar-refractivity contribution in [1.82, 2.24) is 4.57 Å². The number of carbonyl (C=O) groups is 2. The van der Waals surface area contributed by atoms with Crippen LogP contribution in [0.1, 0.15) is 10.4 Å². The van der Waals surface area contributed by atoms with Crippen LogP contribution in [0.5, 0.6) is 0 Å². The summed E-state index contributed by atoms with van der Waals surface area (Å²) in [4.78, 5) is 24.0. The predicted molar refractivity (Wildman–Crippen MR) is 101 cm³/mol. The van der Waals surface area contributed by atoms with Gasteiger partial charge in [0.25, 0.3) is 0 Å². The molecular weight excluding hydrogens is 312 g/mol. The molecule has 0 fully saturated rings. The Labute approximate surface area is 147 Å². The fraction of sp³-hybridized carbons (Fsp3) is 0.143. The van der Waals surface area contributed by atoms with E-state index in [9.17, 15) is 9.59 Å². The van der Waals surface area contributed by atoms with E-state index >= 15 is 0 Å². The molecule has 0 N–H and O–H groups in total. The molecule has 1 aromatic heterocycles. The van der Waals surface area contributed by atoms with Gasteiger partial charge in [0.1, 0.15) is 6.29 Å². The fourth-order valence-corrected chi connectivity index (χ4v) is 2.99. The van der Waals surface area contributed by atoms with Crippen molar-refractivity contribution in [3.63, 3.8) is 0 Å². The number of anilines is 1. The zero-order valence-corrected chi connectivity index (χ0v) is 13.9. The molecule has 0 aliphatic heterocycles. The summed E-state index contributed by atoms with van der Waals surface area (Å²) in [6, 6.07) is 18.0. The lowest BCUT2D eigenvalue weighted by molar-refractivity contribution is -0.104. The molecule has 0 aliphatic rings. The lowest BCUT2D eigenvalue weighted by atomic mass is 10.2. The molecule has 4 nitrogen and oxygen atoms in total. The quantitative estimate of drug-likeness (QED) is 0.466. The van der Waals surface area contributed by atoms with E-state index in [-0.39, 0.29) is 0 Å². The summed E-state index contributed by atoms with van der Waals surface area (Å²) in [5.41, 5.74) is 2.87. The van der Waals surface area contributed by atoms with Gasteiger partial charge < -0.3 is 9.47 Å². The number of aldehydes is 2. The third-order valence-electron chi connectivity index (χ3n) is 4.22. The van der Waals surface area contributed by atoms with Crippen molar-refractivity contribution >= 4 is 29.2 Å². The number of para-hydroxylation sites is 2. The van der Waals surface area contributed by atoms with E-state index in [0.717, 1.165) is 42.3 Å². The van der Waals surface area contributed by atoms with Crippen molar-refractivity contribution in [2.45, 2.75) is 6.54 Å². The van der Waals surface area contributed by atoms with Gasteiger partial charge in [0, 0.05) is 48.0 Å². The Morgan fingerprint density at radius 1 is 0.960 bits per heavy atom. The van der Waals surface area contributed by atoms with Crippen LogP contribution in [0, 0.1) is 0 Å². The standard InChI is InChI=1S/C21H20N2O2/c24-15-7-6-12-22(19-8-2-1-3-9-19)13-14-23-16-18(17-25)20-10-4-5-11-21(20)23/h1-11,15-17H,12-14H2/b7-6+. The van der Waals surface area contributed by atoms with Crippen molar-refractivity contribution in [1.29, 1.82) is 0 Å². The second-order valence-corrected chi connectivity index (χ2v) is 5.76. The van der Waals surface area contributed by atoms with Crippen LogP contribution < -0.4 is 4.90 Å². The van der Waals surface area contributed by atoms with Gasteiger partial charge in [0.2, 0.25) is 0 Å².